The summed E-state index contributed by atoms with van der Waals surface area (Å²) in [6.07, 6.45) is 1.22. The summed E-state index contributed by atoms with van der Waals surface area (Å²) in [5, 5.41) is 11.2. The molecule has 9 nitrogen and oxygen atoms in total. The molecule has 2 heterocycles. The molecular weight excluding hydrogens is 395 g/mol. The number of ether oxygens (including phenoxy) is 2. The van der Waals surface area contributed by atoms with Crippen LogP contribution in [-0.2, 0) is 9.53 Å². The third-order valence-electron chi connectivity index (χ3n) is 3.91. The lowest BCUT2D eigenvalue weighted by molar-refractivity contribution is -0.119. The summed E-state index contributed by atoms with van der Waals surface area (Å²) in [6.45, 7) is 4.24. The van der Waals surface area contributed by atoms with Gasteiger partial charge >= 0.3 is 6.09 Å². The van der Waals surface area contributed by atoms with Crippen LogP contribution in [0.25, 0.3) is 0 Å². The van der Waals surface area contributed by atoms with Crippen molar-refractivity contribution in [1.29, 1.82) is 0 Å². The molecule has 1 fully saturated rings. The average Bonchev–Trinajstić information content (AvgIpc) is 3.06. The van der Waals surface area contributed by atoms with Crippen LogP contribution in [0.4, 0.5) is 20.6 Å². The van der Waals surface area contributed by atoms with Gasteiger partial charge < -0.3 is 25.6 Å². The van der Waals surface area contributed by atoms with Gasteiger partial charge in [-0.3, -0.25) is 9.69 Å². The minimum absolute atomic E-state index is 0.0370. The number of rotatable bonds is 6. The number of nitrogens with zero attached hydrogens (tertiary/aromatic N) is 2. The van der Waals surface area contributed by atoms with Gasteiger partial charge in [0.05, 0.1) is 25.4 Å². The highest BCUT2D eigenvalue weighted by Gasteiger charge is 2.32. The summed E-state index contributed by atoms with van der Waals surface area (Å²) in [5.74, 6) is -0.597. The van der Waals surface area contributed by atoms with Gasteiger partial charge in [-0.2, -0.15) is 0 Å². The van der Waals surface area contributed by atoms with Gasteiger partial charge in [0.15, 0.2) is 11.6 Å². The van der Waals surface area contributed by atoms with E-state index in [1.165, 1.54) is 36.2 Å². The molecule has 2 amide bonds. The normalized spacial score (nSPS) is 15.1. The molecule has 1 aliphatic rings. The number of carbonyl (C=O) groups excluding carboxylic acids is 2. The quantitative estimate of drug-likeness (QED) is 0.655. The smallest absolute Gasteiger partial charge is 0.414 e. The van der Waals surface area contributed by atoms with Gasteiger partial charge in [-0.15, -0.1) is 0 Å². The summed E-state index contributed by atoms with van der Waals surface area (Å²) < 4.78 is 24.3. The van der Waals surface area contributed by atoms with Crippen LogP contribution < -0.4 is 20.7 Å². The Hall–Kier alpha value is -3.56. The van der Waals surface area contributed by atoms with E-state index in [2.05, 4.69) is 10.3 Å². The molecule has 1 unspecified atom stereocenters. The Morgan fingerprint density at radius 2 is 2.20 bits per heavy atom. The van der Waals surface area contributed by atoms with E-state index in [-0.39, 0.29) is 30.6 Å². The number of nitrogen functional groups attached to an aromatic ring is 1. The summed E-state index contributed by atoms with van der Waals surface area (Å²) >= 11 is 0. The van der Waals surface area contributed by atoms with E-state index in [1.807, 2.05) is 6.92 Å². The minimum Gasteiger partial charge on any atom is -0.493 e. The molecule has 30 heavy (non-hydrogen) atoms. The maximum Gasteiger partial charge on any atom is 0.414 e. The molecule has 3 rings (SSSR count). The number of anilines is 2. The lowest BCUT2D eigenvalue weighted by atomic mass is 10.2. The average molecular weight is 420 g/mol. The highest BCUT2D eigenvalue weighted by Crippen LogP contribution is 2.27. The Balaban J connectivity index is 0.000000335. The van der Waals surface area contributed by atoms with E-state index in [4.69, 9.17) is 20.3 Å². The van der Waals surface area contributed by atoms with Crippen molar-refractivity contribution in [3.05, 3.63) is 42.3 Å². The van der Waals surface area contributed by atoms with Crippen LogP contribution in [0.15, 0.2) is 36.5 Å². The van der Waals surface area contributed by atoms with Crippen molar-refractivity contribution in [2.24, 2.45) is 0 Å². The molecule has 4 N–H and O–H groups in total. The predicted octanol–water partition coefficient (Wildman–Crippen LogP) is 2.45. The fourth-order valence-electron chi connectivity index (χ4n) is 2.52. The van der Waals surface area contributed by atoms with E-state index in [0.29, 0.717) is 18.0 Å². The highest BCUT2D eigenvalue weighted by atomic mass is 19.1. The van der Waals surface area contributed by atoms with Crippen molar-refractivity contribution in [3.63, 3.8) is 0 Å². The third kappa shape index (κ3) is 6.80. The van der Waals surface area contributed by atoms with Gasteiger partial charge in [-0.25, -0.2) is 14.2 Å². The second kappa shape index (κ2) is 10.8. The Morgan fingerprint density at radius 1 is 1.43 bits per heavy atom. The topological polar surface area (TPSA) is 127 Å². The van der Waals surface area contributed by atoms with Crippen LogP contribution in [0.5, 0.6) is 11.6 Å². The summed E-state index contributed by atoms with van der Waals surface area (Å²) in [5.41, 5.74) is 6.18. The van der Waals surface area contributed by atoms with E-state index >= 15 is 0 Å². The molecule has 1 atom stereocenters. The van der Waals surface area contributed by atoms with E-state index in [0.717, 1.165) is 6.42 Å². The number of halogens is 1. The van der Waals surface area contributed by atoms with E-state index < -0.39 is 18.0 Å². The monoisotopic (exact) mass is 420 g/mol. The van der Waals surface area contributed by atoms with Crippen LogP contribution in [0, 0.1) is 5.82 Å². The highest BCUT2D eigenvalue weighted by molar-refractivity contribution is 5.89. The van der Waals surface area contributed by atoms with Gasteiger partial charge in [-0.05, 0) is 24.6 Å². The summed E-state index contributed by atoms with van der Waals surface area (Å²) in [7, 11) is 0. The molecule has 0 aliphatic carbocycles. The maximum absolute atomic E-state index is 13.9. The summed E-state index contributed by atoms with van der Waals surface area (Å²) in [4.78, 5) is 27.6. The molecule has 162 valence electrons. The van der Waals surface area contributed by atoms with Gasteiger partial charge in [0.25, 0.3) is 0 Å². The fraction of sp³-hybridized carbons (Fsp3) is 0.350. The van der Waals surface area contributed by atoms with E-state index in [9.17, 15) is 14.0 Å². The second-order valence-electron chi connectivity index (χ2n) is 6.46. The fourth-order valence-corrected chi connectivity index (χ4v) is 2.52. The molecule has 0 saturated carbocycles. The van der Waals surface area contributed by atoms with Gasteiger partial charge in [0, 0.05) is 30.9 Å². The van der Waals surface area contributed by atoms with Crippen LogP contribution in [0.1, 0.15) is 20.3 Å². The number of aromatic hydroxyl groups is 1. The number of cyclic esters (lactones) is 1. The van der Waals surface area contributed by atoms with E-state index in [1.54, 1.807) is 12.1 Å². The largest absolute Gasteiger partial charge is 0.493 e. The number of carbonyl (C=O) groups is 2. The third-order valence-corrected chi connectivity index (χ3v) is 3.91. The van der Waals surface area contributed by atoms with Crippen molar-refractivity contribution in [1.82, 2.24) is 10.3 Å². The van der Waals surface area contributed by atoms with Crippen molar-refractivity contribution < 1.29 is 28.6 Å². The number of aromatic nitrogens is 1. The van der Waals surface area contributed by atoms with Crippen LogP contribution in [-0.4, -0.2) is 47.9 Å². The number of amides is 2. The number of pyridine rings is 1. The van der Waals surface area contributed by atoms with Gasteiger partial charge in [-0.1, -0.05) is 6.92 Å². The molecule has 10 heteroatoms. The zero-order valence-electron chi connectivity index (χ0n) is 16.8. The Bertz CT molecular complexity index is 863. The number of nitrogens with one attached hydrogen (secondary N) is 1. The Labute approximate surface area is 173 Å². The predicted molar refractivity (Wildman–Crippen MR) is 109 cm³/mol. The van der Waals surface area contributed by atoms with Crippen molar-refractivity contribution in [3.8, 4) is 11.6 Å². The lowest BCUT2D eigenvalue weighted by Gasteiger charge is -2.14. The molecule has 1 aliphatic heterocycles. The first-order valence-corrected chi connectivity index (χ1v) is 9.35. The zero-order valence-corrected chi connectivity index (χ0v) is 16.8. The standard InChI is InChI=1S/C15H19FN2O4.C5H6N2O/c1-3-6-21-14-5-4-11(7-13(14)16)18-9-12(22-15(18)20)8-17-10(2)19;6-4-1-2-7-5(8)3-4/h4-5,7,12H,3,6,8-9H2,1-2H3,(H,17,19);1-3H,(H3,6,7,8). The minimum atomic E-state index is -0.558. The number of hydrogen-bond donors (Lipinski definition) is 3. The molecule has 1 aromatic heterocycles. The lowest BCUT2D eigenvalue weighted by Crippen LogP contribution is -2.33. The van der Waals surface area contributed by atoms with Crippen LogP contribution >= 0.6 is 0 Å². The molecule has 0 radical (unpaired) electrons. The number of hydrogen-bond acceptors (Lipinski definition) is 7. The second-order valence-corrected chi connectivity index (χ2v) is 6.46. The van der Waals surface area contributed by atoms with Crippen molar-refractivity contribution in [2.45, 2.75) is 26.4 Å². The summed E-state index contributed by atoms with van der Waals surface area (Å²) in [6, 6.07) is 7.34. The Kier molecular flexibility index (Phi) is 8.21. The molecule has 1 aromatic carbocycles. The molecule has 0 bridgehead atoms. The molecule has 1 saturated heterocycles. The zero-order chi connectivity index (χ0) is 22.1. The maximum atomic E-state index is 13.9. The van der Waals surface area contributed by atoms with Crippen molar-refractivity contribution >= 4 is 23.4 Å². The Morgan fingerprint density at radius 3 is 2.77 bits per heavy atom. The SMILES string of the molecule is CCCOc1ccc(N2CC(CNC(C)=O)OC2=O)cc1F.Nc1ccnc(O)c1. The first-order chi connectivity index (χ1) is 14.3. The number of benzene rings is 1. The molecule has 2 aromatic rings. The van der Waals surface area contributed by atoms with Crippen LogP contribution in [0.3, 0.4) is 0 Å². The number of nitrogens with two attached hydrogens (primary N) is 1. The van der Waals surface area contributed by atoms with Gasteiger partial charge in [0.2, 0.25) is 11.8 Å². The van der Waals surface area contributed by atoms with Crippen molar-refractivity contribution in [2.75, 3.05) is 30.3 Å². The first kappa shape index (κ1) is 22.7. The first-order valence-electron chi connectivity index (χ1n) is 9.35. The molecular formula is C20H25FN4O5. The van der Waals surface area contributed by atoms with Crippen LogP contribution in [0.2, 0.25) is 0 Å². The molecule has 0 spiro atoms. The van der Waals surface area contributed by atoms with Gasteiger partial charge in [0.1, 0.15) is 6.10 Å².